The standard InChI is InChI=1S/C12H16ClNO2/c1-12(2)15-10-7-8(4-3-5-14)6-9(13)11(10)16-12/h6-7H,3-5,14H2,1-2H3. The number of aryl methyl sites for hydroxylation is 1. The van der Waals surface area contributed by atoms with E-state index in [9.17, 15) is 0 Å². The molecule has 0 saturated carbocycles. The lowest BCUT2D eigenvalue weighted by Gasteiger charge is -2.16. The van der Waals surface area contributed by atoms with Crippen LogP contribution in [0, 0.1) is 0 Å². The topological polar surface area (TPSA) is 44.5 Å². The van der Waals surface area contributed by atoms with Gasteiger partial charge in [-0.1, -0.05) is 11.6 Å². The maximum atomic E-state index is 6.14. The maximum Gasteiger partial charge on any atom is 0.246 e. The van der Waals surface area contributed by atoms with Crippen molar-refractivity contribution in [1.82, 2.24) is 0 Å². The van der Waals surface area contributed by atoms with Gasteiger partial charge in [-0.25, -0.2) is 0 Å². The minimum absolute atomic E-state index is 0.607. The summed E-state index contributed by atoms with van der Waals surface area (Å²) in [6.07, 6.45) is 1.85. The number of hydrogen-bond acceptors (Lipinski definition) is 3. The van der Waals surface area contributed by atoms with Crippen molar-refractivity contribution in [1.29, 1.82) is 0 Å². The fourth-order valence-electron chi connectivity index (χ4n) is 1.78. The third-order valence-electron chi connectivity index (χ3n) is 2.44. The molecule has 2 rings (SSSR count). The molecule has 0 fully saturated rings. The average Bonchev–Trinajstić information content (AvgIpc) is 2.50. The van der Waals surface area contributed by atoms with Crippen molar-refractivity contribution < 1.29 is 9.47 Å². The van der Waals surface area contributed by atoms with Crippen LogP contribution in [-0.2, 0) is 6.42 Å². The molecule has 1 aliphatic heterocycles. The first-order valence-corrected chi connectivity index (χ1v) is 5.80. The number of hydrogen-bond donors (Lipinski definition) is 1. The van der Waals surface area contributed by atoms with Gasteiger partial charge in [-0.3, -0.25) is 0 Å². The molecule has 1 aliphatic rings. The molecule has 0 aromatic heterocycles. The Morgan fingerprint density at radius 1 is 1.31 bits per heavy atom. The van der Waals surface area contributed by atoms with Crippen LogP contribution in [0.3, 0.4) is 0 Å². The summed E-state index contributed by atoms with van der Waals surface area (Å²) in [6, 6.07) is 3.90. The lowest BCUT2D eigenvalue weighted by molar-refractivity contribution is -0.0431. The minimum Gasteiger partial charge on any atom is -0.449 e. The van der Waals surface area contributed by atoms with Crippen LogP contribution in [0.4, 0.5) is 0 Å². The molecule has 0 saturated heterocycles. The third kappa shape index (κ3) is 2.25. The van der Waals surface area contributed by atoms with Crippen LogP contribution in [0.2, 0.25) is 5.02 Å². The van der Waals surface area contributed by atoms with Gasteiger partial charge in [0.05, 0.1) is 5.02 Å². The summed E-state index contributed by atoms with van der Waals surface area (Å²) in [6.45, 7) is 4.41. The van der Waals surface area contributed by atoms with Crippen LogP contribution in [0.1, 0.15) is 25.8 Å². The van der Waals surface area contributed by atoms with E-state index in [0.717, 1.165) is 24.2 Å². The molecule has 0 spiro atoms. The third-order valence-corrected chi connectivity index (χ3v) is 2.72. The van der Waals surface area contributed by atoms with Gasteiger partial charge in [-0.05, 0) is 37.1 Å². The molecule has 0 atom stereocenters. The van der Waals surface area contributed by atoms with Crippen LogP contribution in [0.15, 0.2) is 12.1 Å². The second-order valence-electron chi connectivity index (χ2n) is 4.40. The van der Waals surface area contributed by atoms with Crippen molar-refractivity contribution in [3.05, 3.63) is 22.7 Å². The summed E-state index contributed by atoms with van der Waals surface area (Å²) in [5, 5.41) is 0.607. The summed E-state index contributed by atoms with van der Waals surface area (Å²) < 4.78 is 11.3. The molecule has 0 unspecified atom stereocenters. The fourth-order valence-corrected chi connectivity index (χ4v) is 2.05. The molecule has 88 valence electrons. The largest absolute Gasteiger partial charge is 0.449 e. The fraction of sp³-hybridized carbons (Fsp3) is 0.500. The lowest BCUT2D eigenvalue weighted by Crippen LogP contribution is -2.29. The Labute approximate surface area is 100 Å². The van der Waals surface area contributed by atoms with E-state index in [-0.39, 0.29) is 0 Å². The Kier molecular flexibility index (Phi) is 3.00. The van der Waals surface area contributed by atoms with Gasteiger partial charge in [-0.15, -0.1) is 0 Å². The second-order valence-corrected chi connectivity index (χ2v) is 4.81. The smallest absolute Gasteiger partial charge is 0.246 e. The molecule has 0 amide bonds. The van der Waals surface area contributed by atoms with Crippen LogP contribution >= 0.6 is 11.6 Å². The summed E-state index contributed by atoms with van der Waals surface area (Å²) in [5.41, 5.74) is 6.62. The predicted molar refractivity (Wildman–Crippen MR) is 64.2 cm³/mol. The van der Waals surface area contributed by atoms with E-state index in [1.54, 1.807) is 0 Å². The normalized spacial score (nSPS) is 16.5. The number of nitrogens with two attached hydrogens (primary N) is 1. The van der Waals surface area contributed by atoms with Crippen LogP contribution < -0.4 is 15.2 Å². The van der Waals surface area contributed by atoms with E-state index in [1.807, 2.05) is 26.0 Å². The molecule has 3 nitrogen and oxygen atoms in total. The van der Waals surface area contributed by atoms with Crippen molar-refractivity contribution in [3.63, 3.8) is 0 Å². The first-order chi connectivity index (χ1) is 7.52. The monoisotopic (exact) mass is 241 g/mol. The van der Waals surface area contributed by atoms with Crippen LogP contribution in [0.25, 0.3) is 0 Å². The van der Waals surface area contributed by atoms with Gasteiger partial charge in [0.2, 0.25) is 5.79 Å². The van der Waals surface area contributed by atoms with Crippen molar-refractivity contribution in [2.24, 2.45) is 5.73 Å². The van der Waals surface area contributed by atoms with E-state index in [2.05, 4.69) is 0 Å². The van der Waals surface area contributed by atoms with E-state index >= 15 is 0 Å². The highest BCUT2D eigenvalue weighted by Crippen LogP contribution is 2.45. The van der Waals surface area contributed by atoms with Crippen molar-refractivity contribution in [2.45, 2.75) is 32.5 Å². The Morgan fingerprint density at radius 2 is 2.06 bits per heavy atom. The predicted octanol–water partition coefficient (Wildman–Crippen LogP) is 2.74. The average molecular weight is 242 g/mol. The quantitative estimate of drug-likeness (QED) is 0.885. The molecule has 2 N–H and O–H groups in total. The van der Waals surface area contributed by atoms with E-state index in [1.165, 1.54) is 0 Å². The lowest BCUT2D eigenvalue weighted by atomic mass is 10.1. The SMILES string of the molecule is CC1(C)Oc2cc(CCCN)cc(Cl)c2O1. The zero-order valence-corrected chi connectivity index (χ0v) is 10.3. The molecule has 16 heavy (non-hydrogen) atoms. The first-order valence-electron chi connectivity index (χ1n) is 5.42. The van der Waals surface area contributed by atoms with E-state index in [0.29, 0.717) is 17.3 Å². The molecular weight excluding hydrogens is 226 g/mol. The van der Waals surface area contributed by atoms with Gasteiger partial charge >= 0.3 is 0 Å². The number of rotatable bonds is 3. The van der Waals surface area contributed by atoms with E-state index in [4.69, 9.17) is 26.8 Å². The van der Waals surface area contributed by atoms with Gasteiger partial charge in [0.15, 0.2) is 11.5 Å². The number of fused-ring (bicyclic) bond motifs is 1. The summed E-state index contributed by atoms with van der Waals surface area (Å²) >= 11 is 6.14. The first kappa shape index (κ1) is 11.6. The van der Waals surface area contributed by atoms with Gasteiger partial charge in [0, 0.05) is 13.8 Å². The van der Waals surface area contributed by atoms with Crippen LogP contribution in [0.5, 0.6) is 11.5 Å². The second kappa shape index (κ2) is 4.15. The van der Waals surface area contributed by atoms with E-state index < -0.39 is 5.79 Å². The van der Waals surface area contributed by atoms with Crippen molar-refractivity contribution in [3.8, 4) is 11.5 Å². The Balaban J connectivity index is 2.27. The van der Waals surface area contributed by atoms with Crippen molar-refractivity contribution >= 4 is 11.6 Å². The van der Waals surface area contributed by atoms with Crippen molar-refractivity contribution in [2.75, 3.05) is 6.54 Å². The molecule has 1 heterocycles. The number of ether oxygens (including phenoxy) is 2. The molecule has 1 aromatic carbocycles. The van der Waals surface area contributed by atoms with Gasteiger partial charge in [-0.2, -0.15) is 0 Å². The Bertz CT molecular complexity index is 404. The Hall–Kier alpha value is -0.930. The highest BCUT2D eigenvalue weighted by atomic mass is 35.5. The minimum atomic E-state index is -0.627. The summed E-state index contributed by atoms with van der Waals surface area (Å²) in [5.74, 6) is 0.742. The number of halogens is 1. The van der Waals surface area contributed by atoms with Crippen LogP contribution in [-0.4, -0.2) is 12.3 Å². The summed E-state index contributed by atoms with van der Waals surface area (Å²) in [4.78, 5) is 0. The highest BCUT2D eigenvalue weighted by molar-refractivity contribution is 6.32. The molecular formula is C12H16ClNO2. The summed E-state index contributed by atoms with van der Waals surface area (Å²) in [7, 11) is 0. The van der Waals surface area contributed by atoms with Gasteiger partial charge in [0.1, 0.15) is 0 Å². The molecule has 0 radical (unpaired) electrons. The Morgan fingerprint density at radius 3 is 2.75 bits per heavy atom. The van der Waals surface area contributed by atoms with Gasteiger partial charge < -0.3 is 15.2 Å². The highest BCUT2D eigenvalue weighted by Gasteiger charge is 2.33. The molecule has 0 aliphatic carbocycles. The van der Waals surface area contributed by atoms with Gasteiger partial charge in [0.25, 0.3) is 0 Å². The zero-order valence-electron chi connectivity index (χ0n) is 9.55. The molecule has 1 aromatic rings. The molecule has 4 heteroatoms. The maximum absolute atomic E-state index is 6.14. The number of benzene rings is 1. The zero-order chi connectivity index (χ0) is 11.8. The molecule has 0 bridgehead atoms.